The van der Waals surface area contributed by atoms with Crippen molar-refractivity contribution in [3.63, 3.8) is 0 Å². The van der Waals surface area contributed by atoms with E-state index in [2.05, 4.69) is 5.32 Å². The van der Waals surface area contributed by atoms with Gasteiger partial charge in [0.2, 0.25) is 23.6 Å². The molecule has 3 saturated heterocycles. The molecule has 2 aromatic carbocycles. The van der Waals surface area contributed by atoms with Gasteiger partial charge in [-0.1, -0.05) is 60.0 Å². The van der Waals surface area contributed by atoms with Crippen LogP contribution in [0.3, 0.4) is 0 Å². The molecule has 0 spiro atoms. The molecule has 0 saturated carbocycles. The van der Waals surface area contributed by atoms with Gasteiger partial charge in [-0.3, -0.25) is 24.5 Å². The Bertz CT molecular complexity index is 2220. The summed E-state index contributed by atoms with van der Waals surface area (Å²) < 4.78 is 29.4. The molecule has 9 atom stereocenters. The number of halogens is 1. The Balaban J connectivity index is 1.21. The quantitative estimate of drug-likeness (QED) is 0.178. The number of esters is 1. The second-order valence-electron chi connectivity index (χ2n) is 17.1. The molecular formula is C46H57ClN4O12S. The van der Waals surface area contributed by atoms with Crippen LogP contribution in [0.1, 0.15) is 64.5 Å². The number of alkyl carbamates (subject to hydrolysis) is 1. The van der Waals surface area contributed by atoms with Crippen LogP contribution in [-0.2, 0) is 49.3 Å². The van der Waals surface area contributed by atoms with E-state index in [1.54, 1.807) is 57.3 Å². The first-order valence-electron chi connectivity index (χ1n) is 21.1. The van der Waals surface area contributed by atoms with Crippen LogP contribution in [0.15, 0.2) is 60.2 Å². The first kappa shape index (κ1) is 48.5. The molecule has 2 unspecified atom stereocenters. The molecule has 0 aromatic heterocycles. The maximum Gasteiger partial charge on any atom is 0.409 e. The number of nitrogens with one attached hydrogen (secondary N) is 1. The Morgan fingerprint density at radius 1 is 1.09 bits per heavy atom. The van der Waals surface area contributed by atoms with Crippen LogP contribution >= 0.6 is 23.4 Å². The molecule has 5 amide bonds. The zero-order valence-electron chi connectivity index (χ0n) is 37.5. The predicted octanol–water partition coefficient (Wildman–Crippen LogP) is 5.28. The molecule has 0 aliphatic carbocycles. The number of nitrogens with zero attached hydrogens (tertiary/aromatic N) is 3. The largest absolute Gasteiger partial charge is 0.495 e. The van der Waals surface area contributed by atoms with Gasteiger partial charge in [0.15, 0.2) is 5.72 Å². The van der Waals surface area contributed by atoms with Crippen molar-refractivity contribution >= 4 is 70.4 Å². The average Bonchev–Trinajstić information content (AvgIpc) is 3.87. The van der Waals surface area contributed by atoms with Crippen LogP contribution < -0.4 is 19.9 Å². The van der Waals surface area contributed by atoms with Gasteiger partial charge in [0.1, 0.15) is 40.7 Å². The number of allylic oxidation sites excluding steroid dienone is 3. The van der Waals surface area contributed by atoms with Crippen LogP contribution in [0.5, 0.6) is 5.75 Å². The highest BCUT2D eigenvalue weighted by molar-refractivity contribution is 8.00. The van der Waals surface area contributed by atoms with Crippen LogP contribution in [0, 0.1) is 12.8 Å². The number of epoxide rings is 1. The van der Waals surface area contributed by atoms with Gasteiger partial charge < -0.3 is 38.6 Å². The highest BCUT2D eigenvalue weighted by Crippen LogP contribution is 2.49. The topological polar surface area (TPSA) is 194 Å². The van der Waals surface area contributed by atoms with E-state index in [1.807, 2.05) is 32.1 Å². The van der Waals surface area contributed by atoms with Crippen LogP contribution in [0.2, 0.25) is 5.02 Å². The van der Waals surface area contributed by atoms with E-state index in [4.69, 9.17) is 35.3 Å². The zero-order valence-corrected chi connectivity index (χ0v) is 39.1. The van der Waals surface area contributed by atoms with Gasteiger partial charge in [-0.05, 0) is 63.9 Å². The van der Waals surface area contributed by atoms with Crippen LogP contribution in [-0.4, -0.2) is 127 Å². The molecule has 2 N–H and O–H groups in total. The molecule has 18 heteroatoms. The zero-order chi connectivity index (χ0) is 46.8. The van der Waals surface area contributed by atoms with Crippen molar-refractivity contribution in [3.8, 4) is 5.75 Å². The molecule has 346 valence electrons. The van der Waals surface area contributed by atoms with Crippen molar-refractivity contribution in [2.75, 3.05) is 43.9 Å². The van der Waals surface area contributed by atoms with Crippen LogP contribution in [0.4, 0.5) is 16.2 Å². The monoisotopic (exact) mass is 924 g/mol. The van der Waals surface area contributed by atoms with Gasteiger partial charge in [-0.2, -0.15) is 0 Å². The number of ether oxygens (including phenoxy) is 5. The van der Waals surface area contributed by atoms with Gasteiger partial charge >= 0.3 is 12.1 Å². The van der Waals surface area contributed by atoms with E-state index < -0.39 is 76.8 Å². The summed E-state index contributed by atoms with van der Waals surface area (Å²) in [5, 5.41) is 13.9. The summed E-state index contributed by atoms with van der Waals surface area (Å²) in [6, 6.07) is 9.53. The Morgan fingerprint density at radius 3 is 2.47 bits per heavy atom. The van der Waals surface area contributed by atoms with E-state index in [0.717, 1.165) is 16.7 Å². The molecule has 2 aromatic rings. The fourth-order valence-corrected chi connectivity index (χ4v) is 9.78. The normalized spacial score (nSPS) is 30.3. The number of carbonyl (C=O) groups is 6. The Morgan fingerprint density at radius 2 is 1.80 bits per heavy atom. The third-order valence-electron chi connectivity index (χ3n) is 12.6. The fourth-order valence-electron chi connectivity index (χ4n) is 8.38. The van der Waals surface area contributed by atoms with Gasteiger partial charge in [-0.15, -0.1) is 11.8 Å². The molecule has 6 rings (SSSR count). The van der Waals surface area contributed by atoms with Crippen molar-refractivity contribution < 1.29 is 57.6 Å². The number of benzene rings is 2. The number of likely N-dealkylation sites (N-methyl/N-ethyl adjacent to an activating group) is 1. The summed E-state index contributed by atoms with van der Waals surface area (Å²) in [6.07, 6.45) is 0.496. The number of rotatable bonds is 10. The molecule has 3 fully saturated rings. The second-order valence-corrected chi connectivity index (χ2v) is 18.8. The molecule has 4 heterocycles. The van der Waals surface area contributed by atoms with Gasteiger partial charge in [0.05, 0.1) is 36.3 Å². The second kappa shape index (κ2) is 19.7. The lowest BCUT2D eigenvalue weighted by Crippen LogP contribution is -2.63. The number of hydrogen-bond acceptors (Lipinski definition) is 13. The van der Waals surface area contributed by atoms with Crippen molar-refractivity contribution in [1.82, 2.24) is 10.2 Å². The summed E-state index contributed by atoms with van der Waals surface area (Å²) in [5.74, 6) is -2.37. The lowest BCUT2D eigenvalue weighted by molar-refractivity contribution is -0.162. The molecule has 4 aliphatic rings. The number of anilines is 2. The van der Waals surface area contributed by atoms with Crippen molar-refractivity contribution in [2.24, 2.45) is 5.92 Å². The first-order chi connectivity index (χ1) is 30.2. The minimum atomic E-state index is -1.87. The number of carbonyl (C=O) groups excluding carboxylic acids is 6. The number of methoxy groups -OCH3 is 2. The molecular weight excluding hydrogens is 868 g/mol. The van der Waals surface area contributed by atoms with Gasteiger partial charge in [0, 0.05) is 52.1 Å². The van der Waals surface area contributed by atoms with Gasteiger partial charge in [0.25, 0.3) is 0 Å². The first-order valence-corrected chi connectivity index (χ1v) is 22.5. The van der Waals surface area contributed by atoms with Crippen molar-refractivity contribution in [1.29, 1.82) is 0 Å². The number of thioether (sulfide) groups is 1. The van der Waals surface area contributed by atoms with E-state index in [-0.39, 0.29) is 48.3 Å². The Kier molecular flexibility index (Phi) is 14.9. The third-order valence-corrected chi connectivity index (χ3v) is 14.1. The number of fused-ring (bicyclic) bond motifs is 5. The number of imide groups is 1. The van der Waals surface area contributed by atoms with E-state index in [9.17, 15) is 33.9 Å². The molecule has 16 nitrogen and oxygen atoms in total. The number of aliphatic hydroxyl groups is 1. The molecule has 4 bridgehead atoms. The van der Waals surface area contributed by atoms with E-state index in [1.165, 1.54) is 54.7 Å². The highest BCUT2D eigenvalue weighted by Gasteiger charge is 2.64. The Hall–Kier alpha value is -4.94. The van der Waals surface area contributed by atoms with Crippen molar-refractivity contribution in [2.45, 2.75) is 114 Å². The maximum atomic E-state index is 14.3. The summed E-state index contributed by atoms with van der Waals surface area (Å²) in [6.45, 7) is 8.79. The minimum absolute atomic E-state index is 0.00798. The molecule has 0 radical (unpaired) electrons. The summed E-state index contributed by atoms with van der Waals surface area (Å²) >= 11 is 8.00. The summed E-state index contributed by atoms with van der Waals surface area (Å²) in [4.78, 5) is 84.5. The van der Waals surface area contributed by atoms with E-state index >= 15 is 0 Å². The van der Waals surface area contributed by atoms with Crippen LogP contribution in [0.25, 0.3) is 0 Å². The summed E-state index contributed by atoms with van der Waals surface area (Å²) in [5.41, 5.74) is 0.378. The fraction of sp³-hybridized carbons (Fsp3) is 0.522. The average molecular weight is 925 g/mol. The summed E-state index contributed by atoms with van der Waals surface area (Å²) in [7, 11) is 5.90. The van der Waals surface area contributed by atoms with Crippen molar-refractivity contribution in [3.05, 3.63) is 76.3 Å². The van der Waals surface area contributed by atoms with E-state index in [0.29, 0.717) is 23.5 Å². The number of hydrogen-bond donors (Lipinski definition) is 2. The smallest absolute Gasteiger partial charge is 0.409 e. The number of amides is 5. The maximum absolute atomic E-state index is 14.3. The third kappa shape index (κ3) is 10.3. The van der Waals surface area contributed by atoms with Gasteiger partial charge in [-0.25, -0.2) is 14.5 Å². The SMILES string of the molecule is COc1cc2cc(c1Cl)N(C)C(=O)C[C@H](OC(=O)[C@H](C)N(C)C(=O)CCSC1CC(=O)N(c3ccc(C)cc3)C1=O)[C@@]1(C)O[C@H]1[C@H](C)[C@@H]1CC(O)(NC(=O)O1)[C@H](OC)/C=C/C=C(\C)C2. The lowest BCUT2D eigenvalue weighted by Gasteiger charge is -2.42. The standard InChI is InChI=1S/C46H57ClN4O12S/c1-25-13-15-30(16-14-25)51-39(54)22-34(42(51)55)64-18-17-37(52)49(6)28(4)43(56)62-36-23-38(53)50(7)31-20-29(21-32(59-8)40(31)47)19-26(2)11-10-12-35(60-9)46(58)24-33(61-44(57)48-46)27(3)41-45(36,5)63-41/h10-16,20-21,27-28,33-36,41,58H,17-19,22-24H2,1-9H3,(H,48,57)/b12-10+,26-11+/t27-,28+,33+,34?,35-,36+,41+,45-,46?/m1/s1. The lowest BCUT2D eigenvalue weighted by atomic mass is 9.83. The minimum Gasteiger partial charge on any atom is -0.495 e. The Labute approximate surface area is 382 Å². The number of aryl methyl sites for hydroxylation is 1. The highest BCUT2D eigenvalue weighted by atomic mass is 35.5. The predicted molar refractivity (Wildman–Crippen MR) is 240 cm³/mol. The molecule has 64 heavy (non-hydrogen) atoms. The molecule has 4 aliphatic heterocycles.